The summed E-state index contributed by atoms with van der Waals surface area (Å²) in [6.07, 6.45) is 1.80. The number of ether oxygens (including phenoxy) is 1. The number of hydrogen-bond acceptors (Lipinski definition) is 5. The summed E-state index contributed by atoms with van der Waals surface area (Å²) in [4.78, 5) is 18.5. The van der Waals surface area contributed by atoms with Crippen LogP contribution < -0.4 is 10.2 Å². The minimum Gasteiger partial charge on any atom is -0.459 e. The van der Waals surface area contributed by atoms with Gasteiger partial charge in [0.1, 0.15) is 11.6 Å². The lowest BCUT2D eigenvalue weighted by molar-refractivity contribution is -0.157. The van der Waals surface area contributed by atoms with Crippen LogP contribution in [0, 0.1) is 6.92 Å². The van der Waals surface area contributed by atoms with Crippen LogP contribution in [0.2, 0.25) is 0 Å². The number of aryl methyl sites for hydroxylation is 1. The van der Waals surface area contributed by atoms with Crippen molar-refractivity contribution in [3.8, 4) is 0 Å². The van der Waals surface area contributed by atoms with Gasteiger partial charge in [-0.15, -0.1) is 0 Å². The van der Waals surface area contributed by atoms with Crippen molar-refractivity contribution in [1.29, 1.82) is 0 Å². The van der Waals surface area contributed by atoms with Gasteiger partial charge in [-0.05, 0) is 39.8 Å². The molecule has 0 saturated carbocycles. The van der Waals surface area contributed by atoms with E-state index in [0.29, 0.717) is 6.54 Å². The van der Waals surface area contributed by atoms with Crippen molar-refractivity contribution in [3.05, 3.63) is 24.0 Å². The quantitative estimate of drug-likeness (QED) is 0.831. The third-order valence-corrected chi connectivity index (χ3v) is 3.11. The number of nitrogens with zero attached hydrogens (tertiary/aromatic N) is 2. The Morgan fingerprint density at radius 3 is 2.90 bits per heavy atom. The number of carbonyl (C=O) groups excluding carboxylic acids is 1. The smallest absolute Gasteiger partial charge is 0.325 e. The molecule has 1 unspecified atom stereocenters. The normalized spacial score (nSPS) is 19.8. The Hall–Kier alpha value is -1.62. The number of nitrogens with one attached hydrogen (secondary N) is 1. The molecule has 0 amide bonds. The SMILES string of the molecule is Cc1cc(N2CCNC(C(=O)OC(C)(C)C)C2)ccn1. The molecule has 5 heteroatoms. The number of esters is 1. The number of carbonyl (C=O) groups is 1. The van der Waals surface area contributed by atoms with E-state index in [4.69, 9.17) is 4.74 Å². The minimum atomic E-state index is -0.450. The van der Waals surface area contributed by atoms with Gasteiger partial charge in [0.05, 0.1) is 0 Å². The third kappa shape index (κ3) is 3.93. The Labute approximate surface area is 120 Å². The van der Waals surface area contributed by atoms with Crippen LogP contribution in [0.1, 0.15) is 26.5 Å². The summed E-state index contributed by atoms with van der Waals surface area (Å²) in [6.45, 7) is 9.90. The van der Waals surface area contributed by atoms with Crippen LogP contribution in [0.15, 0.2) is 18.3 Å². The summed E-state index contributed by atoms with van der Waals surface area (Å²) >= 11 is 0. The summed E-state index contributed by atoms with van der Waals surface area (Å²) < 4.78 is 5.44. The molecule has 20 heavy (non-hydrogen) atoms. The lowest BCUT2D eigenvalue weighted by Crippen LogP contribution is -2.55. The summed E-state index contributed by atoms with van der Waals surface area (Å²) in [5.41, 5.74) is 1.64. The summed E-state index contributed by atoms with van der Waals surface area (Å²) in [5, 5.41) is 3.22. The van der Waals surface area contributed by atoms with Gasteiger partial charge in [-0.25, -0.2) is 0 Å². The van der Waals surface area contributed by atoms with Crippen LogP contribution in [0.4, 0.5) is 5.69 Å². The van der Waals surface area contributed by atoms with E-state index in [0.717, 1.165) is 24.5 Å². The van der Waals surface area contributed by atoms with Gasteiger partial charge in [0.2, 0.25) is 0 Å². The predicted octanol–water partition coefficient (Wildman–Crippen LogP) is 1.51. The van der Waals surface area contributed by atoms with Gasteiger partial charge in [0.15, 0.2) is 0 Å². The van der Waals surface area contributed by atoms with Crippen molar-refractivity contribution in [2.45, 2.75) is 39.3 Å². The van der Waals surface area contributed by atoms with Gasteiger partial charge in [0, 0.05) is 37.2 Å². The van der Waals surface area contributed by atoms with E-state index in [1.54, 1.807) is 6.20 Å². The lowest BCUT2D eigenvalue weighted by Gasteiger charge is -2.35. The van der Waals surface area contributed by atoms with E-state index in [-0.39, 0.29) is 12.0 Å². The predicted molar refractivity (Wildman–Crippen MR) is 78.8 cm³/mol. The van der Waals surface area contributed by atoms with Gasteiger partial charge in [-0.2, -0.15) is 0 Å². The van der Waals surface area contributed by atoms with E-state index >= 15 is 0 Å². The highest BCUT2D eigenvalue weighted by Crippen LogP contribution is 2.17. The highest BCUT2D eigenvalue weighted by molar-refractivity contribution is 5.77. The third-order valence-electron chi connectivity index (χ3n) is 3.11. The number of piperazine rings is 1. The van der Waals surface area contributed by atoms with Crippen LogP contribution in [0.25, 0.3) is 0 Å². The fraction of sp³-hybridized carbons (Fsp3) is 0.600. The average molecular weight is 277 g/mol. The van der Waals surface area contributed by atoms with Gasteiger partial charge < -0.3 is 15.0 Å². The Morgan fingerprint density at radius 1 is 1.50 bits per heavy atom. The Morgan fingerprint density at radius 2 is 2.25 bits per heavy atom. The molecule has 0 spiro atoms. The molecule has 110 valence electrons. The topological polar surface area (TPSA) is 54.5 Å². The number of hydrogen-bond donors (Lipinski definition) is 1. The van der Waals surface area contributed by atoms with E-state index in [1.807, 2.05) is 39.8 Å². The van der Waals surface area contributed by atoms with Crippen LogP contribution in [0.5, 0.6) is 0 Å². The van der Waals surface area contributed by atoms with Crippen molar-refractivity contribution in [3.63, 3.8) is 0 Å². The molecule has 0 radical (unpaired) electrons. The van der Waals surface area contributed by atoms with Gasteiger partial charge >= 0.3 is 5.97 Å². The van der Waals surface area contributed by atoms with E-state index in [1.165, 1.54) is 0 Å². The fourth-order valence-corrected chi connectivity index (χ4v) is 2.24. The molecule has 0 bridgehead atoms. The van der Waals surface area contributed by atoms with E-state index in [9.17, 15) is 4.79 Å². The monoisotopic (exact) mass is 277 g/mol. The molecular weight excluding hydrogens is 254 g/mol. The first kappa shape index (κ1) is 14.8. The molecule has 1 aliphatic rings. The van der Waals surface area contributed by atoms with Crippen LogP contribution in [-0.4, -0.2) is 42.2 Å². The summed E-state index contributed by atoms with van der Waals surface area (Å²) in [7, 11) is 0. The zero-order chi connectivity index (χ0) is 14.8. The first-order valence-electron chi connectivity index (χ1n) is 6.99. The van der Waals surface area contributed by atoms with Crippen LogP contribution in [-0.2, 0) is 9.53 Å². The molecule has 1 atom stereocenters. The zero-order valence-corrected chi connectivity index (χ0v) is 12.6. The second-order valence-electron chi connectivity index (χ2n) is 6.14. The Balaban J connectivity index is 2.03. The number of rotatable bonds is 2. The highest BCUT2D eigenvalue weighted by Gasteiger charge is 2.29. The Bertz CT molecular complexity index is 482. The molecule has 1 N–H and O–H groups in total. The van der Waals surface area contributed by atoms with Crippen LogP contribution >= 0.6 is 0 Å². The van der Waals surface area contributed by atoms with Crippen molar-refractivity contribution in [2.24, 2.45) is 0 Å². The second kappa shape index (κ2) is 5.79. The highest BCUT2D eigenvalue weighted by atomic mass is 16.6. The summed E-state index contributed by atoms with van der Waals surface area (Å²) in [5.74, 6) is -0.187. The second-order valence-corrected chi connectivity index (χ2v) is 6.14. The van der Waals surface area contributed by atoms with E-state index in [2.05, 4.69) is 15.2 Å². The molecule has 1 aromatic heterocycles. The molecule has 1 aromatic rings. The summed E-state index contributed by atoms with van der Waals surface area (Å²) in [6, 6.07) is 3.73. The van der Waals surface area contributed by atoms with Gasteiger partial charge in [-0.3, -0.25) is 9.78 Å². The molecule has 1 fully saturated rings. The molecular formula is C15H23N3O2. The fourth-order valence-electron chi connectivity index (χ4n) is 2.24. The lowest BCUT2D eigenvalue weighted by atomic mass is 10.1. The molecule has 1 aliphatic heterocycles. The molecule has 2 heterocycles. The maximum atomic E-state index is 12.1. The van der Waals surface area contributed by atoms with Gasteiger partial charge in [0.25, 0.3) is 0 Å². The molecule has 5 nitrogen and oxygen atoms in total. The van der Waals surface area contributed by atoms with Crippen molar-refractivity contribution in [1.82, 2.24) is 10.3 Å². The van der Waals surface area contributed by atoms with Crippen molar-refractivity contribution < 1.29 is 9.53 Å². The maximum absolute atomic E-state index is 12.1. The first-order valence-corrected chi connectivity index (χ1v) is 6.99. The maximum Gasteiger partial charge on any atom is 0.325 e. The minimum absolute atomic E-state index is 0.187. The molecule has 0 aliphatic carbocycles. The molecule has 1 saturated heterocycles. The number of aromatic nitrogens is 1. The largest absolute Gasteiger partial charge is 0.459 e. The van der Waals surface area contributed by atoms with Crippen LogP contribution in [0.3, 0.4) is 0 Å². The molecule has 2 rings (SSSR count). The van der Waals surface area contributed by atoms with E-state index < -0.39 is 5.60 Å². The first-order chi connectivity index (χ1) is 9.35. The number of anilines is 1. The van der Waals surface area contributed by atoms with Crippen molar-refractivity contribution >= 4 is 11.7 Å². The van der Waals surface area contributed by atoms with Crippen molar-refractivity contribution in [2.75, 3.05) is 24.5 Å². The standard InChI is InChI=1S/C15H23N3O2/c1-11-9-12(5-6-16-11)18-8-7-17-13(10-18)14(19)20-15(2,3)4/h5-6,9,13,17H,7-8,10H2,1-4H3. The molecule has 0 aromatic carbocycles. The van der Waals surface area contributed by atoms with Gasteiger partial charge in [-0.1, -0.05) is 0 Å². The zero-order valence-electron chi connectivity index (χ0n) is 12.6. The Kier molecular flexibility index (Phi) is 4.28. The number of pyridine rings is 1. The average Bonchev–Trinajstić information content (AvgIpc) is 2.37.